The summed E-state index contributed by atoms with van der Waals surface area (Å²) in [7, 11) is 3.96. The number of H-pyrrole nitrogens is 1. The number of benzene rings is 1. The molecule has 2 aromatic rings. The van der Waals surface area contributed by atoms with Crippen LogP contribution in [-0.2, 0) is 11.3 Å². The molecule has 2 amide bonds. The number of carbonyl (C=O) groups excluding carboxylic acids is 2. The molecule has 1 aromatic carbocycles. The van der Waals surface area contributed by atoms with Crippen LogP contribution in [0.3, 0.4) is 0 Å². The molecule has 1 aliphatic rings. The summed E-state index contributed by atoms with van der Waals surface area (Å²) in [4.78, 5) is 38.7. The van der Waals surface area contributed by atoms with E-state index in [0.717, 1.165) is 43.9 Å². The highest BCUT2D eigenvalue weighted by Crippen LogP contribution is 2.17. The lowest BCUT2D eigenvalue weighted by atomic mass is 10.1. The van der Waals surface area contributed by atoms with Gasteiger partial charge in [-0.3, -0.25) is 9.59 Å². The number of nitrogens with zero attached hydrogens (tertiary/aromatic N) is 4. The Morgan fingerprint density at radius 1 is 1.16 bits per heavy atom. The van der Waals surface area contributed by atoms with Crippen molar-refractivity contribution in [2.24, 2.45) is 0 Å². The summed E-state index contributed by atoms with van der Waals surface area (Å²) in [5, 5.41) is 0. The fourth-order valence-electron chi connectivity index (χ4n) is 3.58. The summed E-state index contributed by atoms with van der Waals surface area (Å²) in [6.07, 6.45) is 4.92. The minimum atomic E-state index is -0.0861. The molecule has 0 aliphatic carbocycles. The Bertz CT molecular complexity index is 874. The van der Waals surface area contributed by atoms with Gasteiger partial charge in [0.2, 0.25) is 0 Å². The molecule has 0 radical (unpaired) electrons. The Labute approximate surface area is 184 Å². The van der Waals surface area contributed by atoms with Crippen LogP contribution in [0.15, 0.2) is 30.6 Å². The first kappa shape index (κ1) is 22.8. The van der Waals surface area contributed by atoms with Gasteiger partial charge >= 0.3 is 0 Å². The van der Waals surface area contributed by atoms with Crippen LogP contribution in [0.1, 0.15) is 41.0 Å². The standard InChI is InChI=1S/C23H33N5O3/c1-18-21(25-17-24-18)15-28(13-12-26(2)3)23(30)19-8-7-9-20(14-19)31-16-22(29)27-10-5-4-6-11-27/h7-9,14,17H,4-6,10-13,15-16H2,1-3H3,(H,24,25). The molecule has 1 aliphatic heterocycles. The number of aromatic nitrogens is 2. The number of likely N-dealkylation sites (tertiary alicyclic amines) is 1. The average molecular weight is 428 g/mol. The molecule has 0 bridgehead atoms. The Morgan fingerprint density at radius 3 is 2.61 bits per heavy atom. The number of hydrogen-bond donors (Lipinski definition) is 1. The number of aromatic amines is 1. The summed E-state index contributed by atoms with van der Waals surface area (Å²) < 4.78 is 5.73. The third-order valence-electron chi connectivity index (χ3n) is 5.53. The minimum absolute atomic E-state index is 0.00181. The fraction of sp³-hybridized carbons (Fsp3) is 0.522. The topological polar surface area (TPSA) is 81.8 Å². The van der Waals surface area contributed by atoms with E-state index in [-0.39, 0.29) is 18.4 Å². The van der Waals surface area contributed by atoms with E-state index in [1.54, 1.807) is 35.5 Å². The number of piperidine rings is 1. The van der Waals surface area contributed by atoms with Crippen molar-refractivity contribution < 1.29 is 14.3 Å². The maximum Gasteiger partial charge on any atom is 0.260 e. The molecule has 0 spiro atoms. The number of aryl methyl sites for hydroxylation is 1. The highest BCUT2D eigenvalue weighted by Gasteiger charge is 2.20. The van der Waals surface area contributed by atoms with Crippen molar-refractivity contribution >= 4 is 11.8 Å². The number of rotatable bonds is 9. The molecular formula is C23H33N5O3. The second kappa shape index (κ2) is 10.9. The summed E-state index contributed by atoms with van der Waals surface area (Å²) >= 11 is 0. The van der Waals surface area contributed by atoms with Gasteiger partial charge in [0.05, 0.1) is 18.6 Å². The SMILES string of the molecule is Cc1[nH]cnc1CN(CCN(C)C)C(=O)c1cccc(OCC(=O)N2CCCCC2)c1. The maximum absolute atomic E-state index is 13.3. The van der Waals surface area contributed by atoms with Gasteiger partial charge in [-0.1, -0.05) is 6.07 Å². The van der Waals surface area contributed by atoms with Gasteiger partial charge in [-0.15, -0.1) is 0 Å². The number of imidazole rings is 1. The molecular weight excluding hydrogens is 394 g/mol. The minimum Gasteiger partial charge on any atom is -0.484 e. The van der Waals surface area contributed by atoms with Crippen molar-refractivity contribution in [1.29, 1.82) is 0 Å². The fourth-order valence-corrected chi connectivity index (χ4v) is 3.58. The molecule has 1 saturated heterocycles. The molecule has 0 saturated carbocycles. The van der Waals surface area contributed by atoms with Gasteiger partial charge in [-0.05, 0) is 58.5 Å². The van der Waals surface area contributed by atoms with Crippen LogP contribution >= 0.6 is 0 Å². The third-order valence-corrected chi connectivity index (χ3v) is 5.53. The van der Waals surface area contributed by atoms with E-state index in [9.17, 15) is 9.59 Å². The van der Waals surface area contributed by atoms with Gasteiger partial charge in [-0.25, -0.2) is 4.98 Å². The van der Waals surface area contributed by atoms with E-state index in [1.165, 1.54) is 6.42 Å². The highest BCUT2D eigenvalue weighted by molar-refractivity contribution is 5.94. The van der Waals surface area contributed by atoms with Crippen molar-refractivity contribution in [3.63, 3.8) is 0 Å². The van der Waals surface area contributed by atoms with Gasteiger partial charge in [-0.2, -0.15) is 0 Å². The van der Waals surface area contributed by atoms with Crippen LogP contribution in [0.5, 0.6) is 5.75 Å². The highest BCUT2D eigenvalue weighted by atomic mass is 16.5. The number of hydrogen-bond acceptors (Lipinski definition) is 5. The monoisotopic (exact) mass is 427 g/mol. The van der Waals surface area contributed by atoms with E-state index >= 15 is 0 Å². The average Bonchev–Trinajstić information content (AvgIpc) is 3.19. The van der Waals surface area contributed by atoms with Crippen molar-refractivity contribution in [3.8, 4) is 5.75 Å². The predicted molar refractivity (Wildman–Crippen MR) is 119 cm³/mol. The summed E-state index contributed by atoms with van der Waals surface area (Å²) in [5.41, 5.74) is 2.34. The van der Waals surface area contributed by atoms with Crippen LogP contribution < -0.4 is 4.74 Å². The quantitative estimate of drug-likeness (QED) is 0.664. The summed E-state index contributed by atoms with van der Waals surface area (Å²) in [6, 6.07) is 7.06. The van der Waals surface area contributed by atoms with Crippen LogP contribution in [0.25, 0.3) is 0 Å². The number of ether oxygens (including phenoxy) is 1. The second-order valence-electron chi connectivity index (χ2n) is 8.26. The number of likely N-dealkylation sites (N-methyl/N-ethyl adjacent to an activating group) is 1. The first-order valence-corrected chi connectivity index (χ1v) is 10.9. The molecule has 0 unspecified atom stereocenters. The van der Waals surface area contributed by atoms with E-state index in [1.807, 2.05) is 30.8 Å². The summed E-state index contributed by atoms with van der Waals surface area (Å²) in [5.74, 6) is 0.440. The van der Waals surface area contributed by atoms with Crippen molar-refractivity contribution in [2.75, 3.05) is 46.9 Å². The zero-order valence-electron chi connectivity index (χ0n) is 18.8. The molecule has 8 heteroatoms. The van der Waals surface area contributed by atoms with Crippen LogP contribution in [0.2, 0.25) is 0 Å². The first-order valence-electron chi connectivity index (χ1n) is 10.9. The van der Waals surface area contributed by atoms with Gasteiger partial charge < -0.3 is 24.4 Å². The summed E-state index contributed by atoms with van der Waals surface area (Å²) in [6.45, 7) is 5.30. The van der Waals surface area contributed by atoms with E-state index in [2.05, 4.69) is 9.97 Å². The molecule has 1 N–H and O–H groups in total. The lowest BCUT2D eigenvalue weighted by molar-refractivity contribution is -0.134. The zero-order valence-corrected chi connectivity index (χ0v) is 18.8. The number of nitrogens with one attached hydrogen (secondary N) is 1. The molecule has 168 valence electrons. The normalized spacial score (nSPS) is 14.0. The third kappa shape index (κ3) is 6.55. The van der Waals surface area contributed by atoms with Gasteiger partial charge in [0, 0.05) is 37.4 Å². The Hall–Kier alpha value is -2.87. The van der Waals surface area contributed by atoms with Crippen molar-refractivity contribution in [2.45, 2.75) is 32.7 Å². The smallest absolute Gasteiger partial charge is 0.260 e. The number of carbonyl (C=O) groups is 2. The lowest BCUT2D eigenvalue weighted by Gasteiger charge is -2.26. The predicted octanol–water partition coefficient (Wildman–Crippen LogP) is 2.31. The lowest BCUT2D eigenvalue weighted by Crippen LogP contribution is -2.38. The molecule has 1 fully saturated rings. The van der Waals surface area contributed by atoms with Gasteiger partial charge in [0.25, 0.3) is 11.8 Å². The van der Waals surface area contributed by atoms with Crippen LogP contribution in [0, 0.1) is 6.92 Å². The van der Waals surface area contributed by atoms with E-state index in [0.29, 0.717) is 24.4 Å². The van der Waals surface area contributed by atoms with E-state index in [4.69, 9.17) is 4.74 Å². The van der Waals surface area contributed by atoms with Gasteiger partial charge in [0.15, 0.2) is 6.61 Å². The molecule has 1 aromatic heterocycles. The molecule has 2 heterocycles. The molecule has 31 heavy (non-hydrogen) atoms. The first-order chi connectivity index (χ1) is 14.9. The largest absolute Gasteiger partial charge is 0.484 e. The Balaban J connectivity index is 1.66. The molecule has 3 rings (SSSR count). The van der Waals surface area contributed by atoms with Crippen molar-refractivity contribution in [1.82, 2.24) is 24.7 Å². The van der Waals surface area contributed by atoms with Crippen LogP contribution in [-0.4, -0.2) is 83.4 Å². The van der Waals surface area contributed by atoms with E-state index < -0.39 is 0 Å². The second-order valence-corrected chi connectivity index (χ2v) is 8.26. The van der Waals surface area contributed by atoms with Crippen molar-refractivity contribution in [3.05, 3.63) is 47.5 Å². The number of amides is 2. The van der Waals surface area contributed by atoms with Crippen LogP contribution in [0.4, 0.5) is 0 Å². The molecule has 8 nitrogen and oxygen atoms in total. The van der Waals surface area contributed by atoms with Gasteiger partial charge in [0.1, 0.15) is 5.75 Å². The molecule has 0 atom stereocenters. The maximum atomic E-state index is 13.3. The Morgan fingerprint density at radius 2 is 1.94 bits per heavy atom. The Kier molecular flexibility index (Phi) is 8.06. The zero-order chi connectivity index (χ0) is 22.2.